The van der Waals surface area contributed by atoms with E-state index in [4.69, 9.17) is 4.42 Å². The third kappa shape index (κ3) is 3.89. The SMILES string of the molecule is Cc1cc(C)cc(C(O)CN2CCC(c3n[nH]c(=O)o3)CC2)c1. The summed E-state index contributed by atoms with van der Waals surface area (Å²) in [5.74, 6) is 0.195. The van der Waals surface area contributed by atoms with Crippen LogP contribution in [0.4, 0.5) is 0 Å². The quantitative estimate of drug-likeness (QED) is 0.900. The van der Waals surface area contributed by atoms with E-state index in [9.17, 15) is 9.90 Å². The number of aliphatic hydroxyl groups is 1. The zero-order valence-corrected chi connectivity index (χ0v) is 13.6. The van der Waals surface area contributed by atoms with E-state index in [0.29, 0.717) is 12.4 Å². The number of hydrogen-bond acceptors (Lipinski definition) is 5. The molecule has 6 nitrogen and oxygen atoms in total. The molecule has 1 aliphatic heterocycles. The number of nitrogens with zero attached hydrogens (tertiary/aromatic N) is 2. The molecule has 0 aliphatic carbocycles. The minimum atomic E-state index is -0.493. The van der Waals surface area contributed by atoms with Crippen molar-refractivity contribution in [3.8, 4) is 0 Å². The summed E-state index contributed by atoms with van der Waals surface area (Å²) in [6.07, 6.45) is 1.29. The van der Waals surface area contributed by atoms with Crippen LogP contribution in [0, 0.1) is 13.8 Å². The fourth-order valence-electron chi connectivity index (χ4n) is 3.33. The average molecular weight is 317 g/mol. The molecule has 0 bridgehead atoms. The van der Waals surface area contributed by atoms with E-state index in [1.807, 2.05) is 26.0 Å². The van der Waals surface area contributed by atoms with E-state index in [2.05, 4.69) is 21.2 Å². The largest absolute Gasteiger partial charge is 0.434 e. The Labute approximate surface area is 135 Å². The fraction of sp³-hybridized carbons (Fsp3) is 0.529. The molecule has 1 aromatic carbocycles. The van der Waals surface area contributed by atoms with E-state index >= 15 is 0 Å². The zero-order chi connectivity index (χ0) is 16.4. The van der Waals surface area contributed by atoms with Crippen LogP contribution in [0.5, 0.6) is 0 Å². The van der Waals surface area contributed by atoms with E-state index in [1.165, 1.54) is 11.1 Å². The van der Waals surface area contributed by atoms with Crippen LogP contribution in [0.1, 0.15) is 47.4 Å². The lowest BCUT2D eigenvalue weighted by Crippen LogP contribution is -2.36. The molecule has 1 aromatic heterocycles. The first kappa shape index (κ1) is 16.0. The first-order valence-corrected chi connectivity index (χ1v) is 8.05. The van der Waals surface area contributed by atoms with Gasteiger partial charge in [-0.25, -0.2) is 9.89 Å². The number of hydrogen-bond donors (Lipinski definition) is 2. The normalized spacial score (nSPS) is 18.2. The summed E-state index contributed by atoms with van der Waals surface area (Å²) in [6, 6.07) is 6.20. The number of aryl methyl sites for hydroxylation is 2. The molecular weight excluding hydrogens is 294 g/mol. The maximum Gasteiger partial charge on any atom is 0.434 e. The molecule has 1 aliphatic rings. The third-order valence-electron chi connectivity index (χ3n) is 4.45. The van der Waals surface area contributed by atoms with Crippen molar-refractivity contribution in [2.24, 2.45) is 0 Å². The van der Waals surface area contributed by atoms with Crippen molar-refractivity contribution in [3.63, 3.8) is 0 Å². The molecular formula is C17H23N3O3. The molecule has 1 fully saturated rings. The van der Waals surface area contributed by atoms with E-state index in [1.54, 1.807) is 0 Å². The molecule has 2 heterocycles. The van der Waals surface area contributed by atoms with Gasteiger partial charge in [0.25, 0.3) is 0 Å². The first-order chi connectivity index (χ1) is 11.0. The lowest BCUT2D eigenvalue weighted by molar-refractivity contribution is 0.0947. The number of β-amino-alcohol motifs (C(OH)–C–C–N with tert-alkyl or cyclic N) is 1. The summed E-state index contributed by atoms with van der Waals surface area (Å²) in [6.45, 7) is 6.45. The summed E-state index contributed by atoms with van der Waals surface area (Å²) >= 11 is 0. The predicted octanol–water partition coefficient (Wildman–Crippen LogP) is 1.89. The van der Waals surface area contributed by atoms with Crippen LogP contribution in [0.3, 0.4) is 0 Å². The molecule has 6 heteroatoms. The van der Waals surface area contributed by atoms with Gasteiger partial charge in [0.05, 0.1) is 6.10 Å². The highest BCUT2D eigenvalue weighted by Gasteiger charge is 2.25. The Kier molecular flexibility index (Phi) is 4.63. The average Bonchev–Trinajstić information content (AvgIpc) is 2.93. The van der Waals surface area contributed by atoms with Gasteiger partial charge in [0.15, 0.2) is 0 Å². The van der Waals surface area contributed by atoms with Gasteiger partial charge in [-0.2, -0.15) is 0 Å². The topological polar surface area (TPSA) is 82.4 Å². The monoisotopic (exact) mass is 317 g/mol. The molecule has 0 radical (unpaired) electrons. The zero-order valence-electron chi connectivity index (χ0n) is 13.6. The maximum atomic E-state index is 11.0. The van der Waals surface area contributed by atoms with Gasteiger partial charge >= 0.3 is 5.76 Å². The molecule has 0 saturated carbocycles. The van der Waals surface area contributed by atoms with Crippen molar-refractivity contribution in [1.82, 2.24) is 15.1 Å². The second-order valence-corrected chi connectivity index (χ2v) is 6.46. The Morgan fingerprint density at radius 3 is 2.52 bits per heavy atom. The number of piperidine rings is 1. The van der Waals surface area contributed by atoms with Crippen molar-refractivity contribution in [1.29, 1.82) is 0 Å². The molecule has 2 N–H and O–H groups in total. The number of aliphatic hydroxyl groups excluding tert-OH is 1. The minimum Gasteiger partial charge on any atom is -0.392 e. The lowest BCUT2D eigenvalue weighted by atomic mass is 9.96. The summed E-state index contributed by atoms with van der Waals surface area (Å²) in [7, 11) is 0. The molecule has 2 aromatic rings. The van der Waals surface area contributed by atoms with Crippen LogP contribution in [0.2, 0.25) is 0 Å². The van der Waals surface area contributed by atoms with Crippen molar-refractivity contribution in [2.75, 3.05) is 19.6 Å². The van der Waals surface area contributed by atoms with Crippen LogP contribution in [0.15, 0.2) is 27.4 Å². The number of benzene rings is 1. The second kappa shape index (κ2) is 6.68. The smallest absolute Gasteiger partial charge is 0.392 e. The van der Waals surface area contributed by atoms with Crippen molar-refractivity contribution in [2.45, 2.75) is 38.7 Å². The summed E-state index contributed by atoms with van der Waals surface area (Å²) in [4.78, 5) is 13.3. The number of aromatic nitrogens is 2. The van der Waals surface area contributed by atoms with Crippen LogP contribution < -0.4 is 5.76 Å². The Bertz CT molecular complexity index is 694. The highest BCUT2D eigenvalue weighted by atomic mass is 16.4. The molecule has 124 valence electrons. The Balaban J connectivity index is 1.56. The van der Waals surface area contributed by atoms with Crippen LogP contribution in [-0.4, -0.2) is 39.8 Å². The maximum absolute atomic E-state index is 11.0. The summed E-state index contributed by atoms with van der Waals surface area (Å²) in [5.41, 5.74) is 3.32. The number of aromatic amines is 1. The molecule has 1 atom stereocenters. The lowest BCUT2D eigenvalue weighted by Gasteiger charge is -2.31. The van der Waals surface area contributed by atoms with Gasteiger partial charge in [-0.1, -0.05) is 29.3 Å². The van der Waals surface area contributed by atoms with Crippen LogP contribution in [-0.2, 0) is 0 Å². The predicted molar refractivity (Wildman–Crippen MR) is 86.4 cm³/mol. The van der Waals surface area contributed by atoms with Gasteiger partial charge in [0, 0.05) is 12.5 Å². The molecule has 1 saturated heterocycles. The van der Waals surface area contributed by atoms with Crippen LogP contribution >= 0.6 is 0 Å². The van der Waals surface area contributed by atoms with Gasteiger partial charge in [0.1, 0.15) is 0 Å². The first-order valence-electron chi connectivity index (χ1n) is 8.05. The third-order valence-corrected chi connectivity index (χ3v) is 4.45. The minimum absolute atomic E-state index is 0.184. The van der Waals surface area contributed by atoms with E-state index in [0.717, 1.165) is 31.5 Å². The molecule has 3 rings (SSSR count). The Morgan fingerprint density at radius 2 is 1.96 bits per heavy atom. The summed E-state index contributed by atoms with van der Waals surface area (Å²) in [5, 5.41) is 16.7. The van der Waals surface area contributed by atoms with E-state index < -0.39 is 11.9 Å². The summed E-state index contributed by atoms with van der Waals surface area (Å²) < 4.78 is 5.04. The van der Waals surface area contributed by atoms with Gasteiger partial charge in [0.2, 0.25) is 5.89 Å². The van der Waals surface area contributed by atoms with E-state index in [-0.39, 0.29) is 5.92 Å². The highest BCUT2D eigenvalue weighted by molar-refractivity contribution is 5.30. The number of H-pyrrole nitrogens is 1. The van der Waals surface area contributed by atoms with Gasteiger partial charge in [-0.3, -0.25) is 0 Å². The standard InChI is InChI=1S/C17H23N3O3/c1-11-7-12(2)9-14(8-11)15(21)10-20-5-3-13(4-6-20)16-18-19-17(22)23-16/h7-9,13,15,21H,3-6,10H2,1-2H3,(H,19,22). The van der Waals surface area contributed by atoms with Gasteiger partial charge in [-0.05, 0) is 45.3 Å². The molecule has 23 heavy (non-hydrogen) atoms. The van der Waals surface area contributed by atoms with Crippen LogP contribution in [0.25, 0.3) is 0 Å². The fourth-order valence-corrected chi connectivity index (χ4v) is 3.33. The Hall–Kier alpha value is -1.92. The molecule has 1 unspecified atom stereocenters. The van der Waals surface area contributed by atoms with Crippen molar-refractivity contribution < 1.29 is 9.52 Å². The second-order valence-electron chi connectivity index (χ2n) is 6.46. The van der Waals surface area contributed by atoms with Gasteiger partial charge in [-0.15, -0.1) is 5.10 Å². The number of rotatable bonds is 4. The van der Waals surface area contributed by atoms with Crippen molar-refractivity contribution >= 4 is 0 Å². The number of likely N-dealkylation sites (tertiary alicyclic amines) is 1. The Morgan fingerprint density at radius 1 is 1.30 bits per heavy atom. The highest BCUT2D eigenvalue weighted by Crippen LogP contribution is 2.27. The molecule has 0 amide bonds. The van der Waals surface area contributed by atoms with Gasteiger partial charge < -0.3 is 14.4 Å². The molecule has 0 spiro atoms. The number of nitrogens with one attached hydrogen (secondary N) is 1. The van der Waals surface area contributed by atoms with Crippen molar-refractivity contribution in [3.05, 3.63) is 51.3 Å².